The lowest BCUT2D eigenvalue weighted by molar-refractivity contribution is -0.118. The van der Waals surface area contributed by atoms with Crippen molar-refractivity contribution in [2.45, 2.75) is 39.5 Å². The minimum atomic E-state index is -0.108. The van der Waals surface area contributed by atoms with Gasteiger partial charge in [0.25, 0.3) is 0 Å². The molecule has 0 saturated carbocycles. The highest BCUT2D eigenvalue weighted by atomic mass is 16.5. The number of benzene rings is 1. The van der Waals surface area contributed by atoms with E-state index in [1.54, 1.807) is 7.11 Å². The van der Waals surface area contributed by atoms with Crippen molar-refractivity contribution >= 4 is 11.6 Å². The van der Waals surface area contributed by atoms with E-state index in [0.717, 1.165) is 46.1 Å². The Morgan fingerprint density at radius 1 is 1.28 bits per heavy atom. The number of carbonyl (C=O) groups is 1. The molecule has 4 rings (SSSR count). The molecule has 5 heteroatoms. The second-order valence-electron chi connectivity index (χ2n) is 7.78. The Bertz CT molecular complexity index is 892. The first-order chi connectivity index (χ1) is 11.9. The van der Waals surface area contributed by atoms with Crippen LogP contribution < -0.4 is 10.1 Å². The van der Waals surface area contributed by atoms with Crippen LogP contribution in [0.1, 0.15) is 49.4 Å². The van der Waals surface area contributed by atoms with E-state index in [0.29, 0.717) is 6.42 Å². The van der Waals surface area contributed by atoms with E-state index in [1.807, 2.05) is 25.1 Å². The normalized spacial score (nSPS) is 21.4. The number of Topliss-reactive ketones (excluding diaryl/α,β-unsaturated/α-hetero) is 1. The molecule has 1 aliphatic heterocycles. The number of aromatic amines is 1. The molecule has 2 aliphatic rings. The molecule has 2 heterocycles. The minimum absolute atomic E-state index is 0.0370. The summed E-state index contributed by atoms with van der Waals surface area (Å²) in [6, 6.07) is 7.98. The molecular weight excluding hydrogens is 314 g/mol. The first kappa shape index (κ1) is 15.9. The smallest absolute Gasteiger partial charge is 0.162 e. The third-order valence-electron chi connectivity index (χ3n) is 5.19. The molecule has 25 heavy (non-hydrogen) atoms. The molecule has 0 unspecified atom stereocenters. The van der Waals surface area contributed by atoms with Crippen molar-refractivity contribution < 1.29 is 9.53 Å². The van der Waals surface area contributed by atoms with Gasteiger partial charge in [0.15, 0.2) is 11.6 Å². The van der Waals surface area contributed by atoms with Crippen molar-refractivity contribution in [3.8, 4) is 5.75 Å². The van der Waals surface area contributed by atoms with Gasteiger partial charge in [-0.15, -0.1) is 0 Å². The quantitative estimate of drug-likeness (QED) is 0.871. The van der Waals surface area contributed by atoms with E-state index in [2.05, 4.69) is 35.4 Å². The Morgan fingerprint density at radius 3 is 2.84 bits per heavy atom. The first-order valence-corrected chi connectivity index (χ1v) is 8.62. The van der Waals surface area contributed by atoms with E-state index in [9.17, 15) is 4.79 Å². The van der Waals surface area contributed by atoms with Crippen LogP contribution in [0.25, 0.3) is 0 Å². The number of hydrogen-bond acceptors (Lipinski definition) is 4. The first-order valence-electron chi connectivity index (χ1n) is 8.62. The highest BCUT2D eigenvalue weighted by Gasteiger charge is 2.42. The number of rotatable bonds is 2. The maximum absolute atomic E-state index is 13.1. The van der Waals surface area contributed by atoms with Gasteiger partial charge in [-0.05, 0) is 36.5 Å². The van der Waals surface area contributed by atoms with Gasteiger partial charge in [0, 0.05) is 34.9 Å². The van der Waals surface area contributed by atoms with Crippen LogP contribution in [0.2, 0.25) is 0 Å². The average Bonchev–Trinajstić information content (AvgIpc) is 2.92. The van der Waals surface area contributed by atoms with Crippen LogP contribution in [0.5, 0.6) is 5.75 Å². The maximum atomic E-state index is 13.1. The van der Waals surface area contributed by atoms with Gasteiger partial charge in [0.2, 0.25) is 0 Å². The Hall–Kier alpha value is -2.56. The Morgan fingerprint density at radius 2 is 2.08 bits per heavy atom. The van der Waals surface area contributed by atoms with Crippen molar-refractivity contribution in [1.29, 1.82) is 0 Å². The number of ether oxygens (including phenoxy) is 1. The van der Waals surface area contributed by atoms with Gasteiger partial charge in [0.1, 0.15) is 5.75 Å². The summed E-state index contributed by atoms with van der Waals surface area (Å²) in [7, 11) is 1.66. The van der Waals surface area contributed by atoms with Crippen LogP contribution in [0.4, 0.5) is 5.82 Å². The average molecular weight is 337 g/mol. The molecule has 0 fully saturated rings. The number of nitrogens with one attached hydrogen (secondary N) is 2. The predicted octanol–water partition coefficient (Wildman–Crippen LogP) is 3.93. The summed E-state index contributed by atoms with van der Waals surface area (Å²) in [5, 5.41) is 10.9. The van der Waals surface area contributed by atoms with Crippen LogP contribution in [-0.4, -0.2) is 23.1 Å². The molecule has 1 aliphatic carbocycles. The van der Waals surface area contributed by atoms with E-state index in [-0.39, 0.29) is 17.1 Å². The molecular formula is C20H23N3O2. The van der Waals surface area contributed by atoms with E-state index in [1.165, 1.54) is 0 Å². The van der Waals surface area contributed by atoms with Gasteiger partial charge < -0.3 is 10.1 Å². The summed E-state index contributed by atoms with van der Waals surface area (Å²) in [4.78, 5) is 13.1. The van der Waals surface area contributed by atoms with E-state index < -0.39 is 0 Å². The fraction of sp³-hybridized carbons (Fsp3) is 0.400. The van der Waals surface area contributed by atoms with Crippen molar-refractivity contribution in [1.82, 2.24) is 10.2 Å². The Kier molecular flexibility index (Phi) is 3.49. The second kappa shape index (κ2) is 5.48. The number of H-pyrrole nitrogens is 1. The topological polar surface area (TPSA) is 67.0 Å². The van der Waals surface area contributed by atoms with Gasteiger partial charge in [-0.2, -0.15) is 5.10 Å². The third-order valence-corrected chi connectivity index (χ3v) is 5.19. The third kappa shape index (κ3) is 2.54. The fourth-order valence-electron chi connectivity index (χ4n) is 4.11. The van der Waals surface area contributed by atoms with Gasteiger partial charge in [0.05, 0.1) is 7.11 Å². The monoisotopic (exact) mass is 337 g/mol. The van der Waals surface area contributed by atoms with Crippen LogP contribution in [0.15, 0.2) is 35.5 Å². The summed E-state index contributed by atoms with van der Waals surface area (Å²) in [6.45, 7) is 6.29. The lowest BCUT2D eigenvalue weighted by Crippen LogP contribution is -2.33. The zero-order chi connectivity index (χ0) is 17.8. The number of ketones is 1. The molecule has 0 radical (unpaired) electrons. The maximum Gasteiger partial charge on any atom is 0.162 e. The number of fused-ring (bicyclic) bond motifs is 1. The van der Waals surface area contributed by atoms with E-state index in [4.69, 9.17) is 4.74 Å². The predicted molar refractivity (Wildman–Crippen MR) is 96.8 cm³/mol. The Balaban J connectivity index is 1.93. The Labute approximate surface area is 147 Å². The number of aromatic nitrogens is 2. The summed E-state index contributed by atoms with van der Waals surface area (Å²) >= 11 is 0. The largest absolute Gasteiger partial charge is 0.497 e. The summed E-state index contributed by atoms with van der Waals surface area (Å²) in [5.74, 6) is 1.74. The van der Waals surface area contributed by atoms with Crippen LogP contribution in [0.3, 0.4) is 0 Å². The van der Waals surface area contributed by atoms with Crippen LogP contribution >= 0.6 is 0 Å². The van der Waals surface area contributed by atoms with Gasteiger partial charge >= 0.3 is 0 Å². The second-order valence-corrected chi connectivity index (χ2v) is 7.78. The van der Waals surface area contributed by atoms with Crippen molar-refractivity contribution in [2.24, 2.45) is 5.41 Å². The number of carbonyl (C=O) groups excluding carboxylic acids is 1. The SMILES string of the molecule is COc1cccc([C@@H]2C3=C(CC(C)(C)CC3=O)Nc3n[nH]c(C)c32)c1. The highest BCUT2D eigenvalue weighted by molar-refractivity contribution is 6.01. The molecule has 2 aromatic rings. The summed E-state index contributed by atoms with van der Waals surface area (Å²) in [6.07, 6.45) is 1.42. The van der Waals surface area contributed by atoms with Gasteiger partial charge in [-0.1, -0.05) is 26.0 Å². The number of aryl methyl sites for hydroxylation is 1. The summed E-state index contributed by atoms with van der Waals surface area (Å²) in [5.41, 5.74) is 4.95. The lowest BCUT2D eigenvalue weighted by atomic mass is 9.69. The van der Waals surface area contributed by atoms with Crippen molar-refractivity contribution in [3.63, 3.8) is 0 Å². The summed E-state index contributed by atoms with van der Waals surface area (Å²) < 4.78 is 5.40. The number of anilines is 1. The molecule has 1 atom stereocenters. The lowest BCUT2D eigenvalue weighted by Gasteiger charge is -2.38. The molecule has 130 valence electrons. The molecule has 0 bridgehead atoms. The van der Waals surface area contributed by atoms with E-state index >= 15 is 0 Å². The number of methoxy groups -OCH3 is 1. The molecule has 0 spiro atoms. The molecule has 0 saturated heterocycles. The standard InChI is InChI=1S/C20H23N3O2/c1-11-16-17(12-6-5-7-13(8-12)25-4)18-14(21-19(16)23-22-11)9-20(2,3)10-15(18)24/h5-8,17H,9-10H2,1-4H3,(H2,21,22,23)/t17-/m0/s1. The van der Waals surface area contributed by atoms with Crippen LogP contribution in [0, 0.1) is 12.3 Å². The number of nitrogens with zero attached hydrogens (tertiary/aromatic N) is 1. The van der Waals surface area contributed by atoms with Crippen LogP contribution in [-0.2, 0) is 4.79 Å². The molecule has 5 nitrogen and oxygen atoms in total. The van der Waals surface area contributed by atoms with Gasteiger partial charge in [-0.25, -0.2) is 0 Å². The zero-order valence-corrected chi connectivity index (χ0v) is 15.1. The van der Waals surface area contributed by atoms with Gasteiger partial charge in [-0.3, -0.25) is 9.89 Å². The molecule has 2 N–H and O–H groups in total. The number of allylic oxidation sites excluding steroid dienone is 2. The van der Waals surface area contributed by atoms with Crippen molar-refractivity contribution in [2.75, 3.05) is 12.4 Å². The highest BCUT2D eigenvalue weighted by Crippen LogP contribution is 2.49. The molecule has 1 aromatic heterocycles. The minimum Gasteiger partial charge on any atom is -0.497 e. The number of hydrogen-bond donors (Lipinski definition) is 2. The van der Waals surface area contributed by atoms with Crippen molar-refractivity contribution in [3.05, 3.63) is 52.4 Å². The zero-order valence-electron chi connectivity index (χ0n) is 15.1. The molecule has 0 amide bonds. The fourth-order valence-corrected chi connectivity index (χ4v) is 4.11. The molecule has 1 aromatic carbocycles.